The highest BCUT2D eigenvalue weighted by molar-refractivity contribution is 5.98. The Kier molecular flexibility index (Phi) is 5.64. The van der Waals surface area contributed by atoms with Crippen molar-refractivity contribution in [1.29, 1.82) is 0 Å². The fraction of sp³-hybridized carbons (Fsp3) is 0.0500. The first-order valence-corrected chi connectivity index (χ1v) is 8.14. The molecule has 0 aliphatic carbocycles. The molecule has 0 aliphatic heterocycles. The van der Waals surface area contributed by atoms with Gasteiger partial charge in [0.15, 0.2) is 6.61 Å². The fourth-order valence-electron chi connectivity index (χ4n) is 2.44. The van der Waals surface area contributed by atoms with Crippen LogP contribution in [0.1, 0.15) is 15.9 Å². The summed E-state index contributed by atoms with van der Waals surface area (Å²) in [5, 5.41) is 12.6. The van der Waals surface area contributed by atoms with E-state index in [2.05, 4.69) is 10.5 Å². The van der Waals surface area contributed by atoms with Gasteiger partial charge in [-0.25, -0.2) is 10.2 Å². The lowest BCUT2D eigenvalue weighted by Crippen LogP contribution is -2.19. The molecule has 0 radical (unpaired) electrons. The molecule has 7 nitrogen and oxygen atoms in total. The van der Waals surface area contributed by atoms with Crippen molar-refractivity contribution in [2.24, 2.45) is 5.10 Å². The summed E-state index contributed by atoms with van der Waals surface area (Å²) in [6.07, 6.45) is 5.18. The molecule has 0 fully saturated rings. The van der Waals surface area contributed by atoms with Gasteiger partial charge in [0, 0.05) is 12.4 Å². The first kappa shape index (κ1) is 17.9. The minimum atomic E-state index is -1.05. The molecule has 1 amide bonds. The third-order valence-electron chi connectivity index (χ3n) is 3.63. The molecule has 2 aromatic carbocycles. The predicted molar refractivity (Wildman–Crippen MR) is 100 cm³/mol. The first-order valence-electron chi connectivity index (χ1n) is 8.14. The van der Waals surface area contributed by atoms with E-state index in [1.165, 1.54) is 6.21 Å². The van der Waals surface area contributed by atoms with Crippen molar-refractivity contribution in [1.82, 2.24) is 9.99 Å². The van der Waals surface area contributed by atoms with E-state index >= 15 is 0 Å². The number of nitrogens with zero attached hydrogens (tertiary/aromatic N) is 2. The van der Waals surface area contributed by atoms with Gasteiger partial charge in [-0.15, -0.1) is 0 Å². The van der Waals surface area contributed by atoms with Gasteiger partial charge >= 0.3 is 5.97 Å². The number of carboxylic acids is 1. The van der Waals surface area contributed by atoms with Gasteiger partial charge < -0.3 is 14.4 Å². The number of amides is 1. The van der Waals surface area contributed by atoms with Gasteiger partial charge in [0.05, 0.1) is 17.5 Å². The summed E-state index contributed by atoms with van der Waals surface area (Å²) < 4.78 is 6.96. The van der Waals surface area contributed by atoms with E-state index in [0.717, 1.165) is 5.69 Å². The van der Waals surface area contributed by atoms with E-state index in [4.69, 9.17) is 9.84 Å². The average molecular weight is 363 g/mol. The van der Waals surface area contributed by atoms with Crippen LogP contribution in [0.5, 0.6) is 5.75 Å². The SMILES string of the molecule is O=C(O)COc1cccc(/C=N\NC(=O)c2ccccc2-n2cccc2)c1. The summed E-state index contributed by atoms with van der Waals surface area (Å²) in [4.78, 5) is 23.0. The molecular weight excluding hydrogens is 346 g/mol. The van der Waals surface area contributed by atoms with Crippen LogP contribution in [-0.2, 0) is 4.79 Å². The van der Waals surface area contributed by atoms with Crippen molar-refractivity contribution in [2.75, 3.05) is 6.61 Å². The maximum atomic E-state index is 12.5. The number of aliphatic carboxylic acids is 1. The van der Waals surface area contributed by atoms with Crippen LogP contribution in [0.4, 0.5) is 0 Å². The van der Waals surface area contributed by atoms with Gasteiger partial charge in [-0.05, 0) is 42.0 Å². The third kappa shape index (κ3) is 4.82. The van der Waals surface area contributed by atoms with Crippen molar-refractivity contribution in [2.45, 2.75) is 0 Å². The lowest BCUT2D eigenvalue weighted by molar-refractivity contribution is -0.139. The monoisotopic (exact) mass is 363 g/mol. The Morgan fingerprint density at radius 1 is 1.07 bits per heavy atom. The highest BCUT2D eigenvalue weighted by Crippen LogP contribution is 2.15. The molecule has 2 N–H and O–H groups in total. The number of benzene rings is 2. The average Bonchev–Trinajstić information content (AvgIpc) is 3.21. The Labute approximate surface area is 155 Å². The number of carbonyl (C=O) groups excluding carboxylic acids is 1. The van der Waals surface area contributed by atoms with Crippen molar-refractivity contribution < 1.29 is 19.4 Å². The maximum absolute atomic E-state index is 12.5. The van der Waals surface area contributed by atoms with Gasteiger partial charge in [0.2, 0.25) is 0 Å². The molecule has 0 unspecified atom stereocenters. The number of rotatable bonds is 7. The molecular formula is C20H17N3O4. The standard InChI is InChI=1S/C20H17N3O4/c24-19(25)14-27-16-7-5-6-15(12-16)13-21-22-20(26)17-8-1-2-9-18(17)23-10-3-4-11-23/h1-13H,14H2,(H,22,26)(H,24,25)/b21-13-. The van der Waals surface area contributed by atoms with E-state index in [0.29, 0.717) is 16.9 Å². The molecule has 0 atom stereocenters. The smallest absolute Gasteiger partial charge is 0.341 e. The number of carbonyl (C=O) groups is 2. The van der Waals surface area contributed by atoms with Crippen molar-refractivity contribution in [3.05, 3.63) is 84.2 Å². The van der Waals surface area contributed by atoms with Crippen LogP contribution < -0.4 is 10.2 Å². The predicted octanol–water partition coefficient (Wildman–Crippen LogP) is 2.70. The lowest BCUT2D eigenvalue weighted by Gasteiger charge is -2.09. The number of hydrogen-bond donors (Lipinski definition) is 2. The Balaban J connectivity index is 1.68. The summed E-state index contributed by atoms with van der Waals surface area (Å²) in [5.41, 5.74) is 4.41. The molecule has 0 aliphatic rings. The van der Waals surface area contributed by atoms with Crippen molar-refractivity contribution >= 4 is 18.1 Å². The summed E-state index contributed by atoms with van der Waals surface area (Å²) in [6.45, 7) is -0.423. The molecule has 3 rings (SSSR count). The van der Waals surface area contributed by atoms with E-state index in [1.807, 2.05) is 41.2 Å². The zero-order chi connectivity index (χ0) is 19.1. The topological polar surface area (TPSA) is 92.9 Å². The van der Waals surface area contributed by atoms with Crippen LogP contribution in [0.2, 0.25) is 0 Å². The molecule has 1 heterocycles. The minimum absolute atomic E-state index is 0.339. The summed E-state index contributed by atoms with van der Waals surface area (Å²) >= 11 is 0. The Hall–Kier alpha value is -3.87. The van der Waals surface area contributed by atoms with Gasteiger partial charge in [-0.2, -0.15) is 5.10 Å². The number of ether oxygens (including phenoxy) is 1. The van der Waals surface area contributed by atoms with Crippen LogP contribution in [0, 0.1) is 0 Å². The third-order valence-corrected chi connectivity index (χ3v) is 3.63. The second kappa shape index (κ2) is 8.48. The van der Waals surface area contributed by atoms with Gasteiger partial charge in [-0.3, -0.25) is 4.79 Å². The quantitative estimate of drug-likeness (QED) is 0.499. The number of para-hydroxylation sites is 1. The molecule has 0 bridgehead atoms. The fourth-order valence-corrected chi connectivity index (χ4v) is 2.44. The van der Waals surface area contributed by atoms with Crippen LogP contribution in [-0.4, -0.2) is 34.4 Å². The maximum Gasteiger partial charge on any atom is 0.341 e. The summed E-state index contributed by atoms with van der Waals surface area (Å²) in [6, 6.07) is 17.7. The highest BCUT2D eigenvalue weighted by Gasteiger charge is 2.10. The molecule has 27 heavy (non-hydrogen) atoms. The Morgan fingerprint density at radius 2 is 1.85 bits per heavy atom. The molecule has 0 saturated carbocycles. The van der Waals surface area contributed by atoms with Crippen molar-refractivity contribution in [3.8, 4) is 11.4 Å². The molecule has 0 saturated heterocycles. The molecule has 7 heteroatoms. The van der Waals surface area contributed by atoms with Crippen LogP contribution in [0.3, 0.4) is 0 Å². The van der Waals surface area contributed by atoms with Crippen LogP contribution in [0.15, 0.2) is 78.2 Å². The summed E-state index contributed by atoms with van der Waals surface area (Å²) in [5.74, 6) is -0.984. The van der Waals surface area contributed by atoms with E-state index in [1.54, 1.807) is 36.4 Å². The van der Waals surface area contributed by atoms with E-state index < -0.39 is 12.6 Å². The number of carboxylic acid groups (broad SMARTS) is 1. The molecule has 0 spiro atoms. The minimum Gasteiger partial charge on any atom is -0.482 e. The number of hydrogen-bond acceptors (Lipinski definition) is 4. The normalized spacial score (nSPS) is 10.7. The zero-order valence-electron chi connectivity index (χ0n) is 14.3. The second-order valence-corrected chi connectivity index (χ2v) is 5.56. The number of hydrazone groups is 1. The van der Waals surface area contributed by atoms with Gasteiger partial charge in [0.1, 0.15) is 5.75 Å². The lowest BCUT2D eigenvalue weighted by atomic mass is 10.1. The molecule has 1 aromatic heterocycles. The first-order chi connectivity index (χ1) is 13.1. The molecule has 136 valence electrons. The van der Waals surface area contributed by atoms with E-state index in [-0.39, 0.29) is 5.91 Å². The summed E-state index contributed by atoms with van der Waals surface area (Å²) in [7, 11) is 0. The van der Waals surface area contributed by atoms with Gasteiger partial charge in [-0.1, -0.05) is 24.3 Å². The highest BCUT2D eigenvalue weighted by atomic mass is 16.5. The zero-order valence-corrected chi connectivity index (χ0v) is 14.3. The van der Waals surface area contributed by atoms with Crippen LogP contribution >= 0.6 is 0 Å². The molecule has 3 aromatic rings. The number of nitrogens with one attached hydrogen (secondary N) is 1. The van der Waals surface area contributed by atoms with Gasteiger partial charge in [0.25, 0.3) is 5.91 Å². The second-order valence-electron chi connectivity index (χ2n) is 5.56. The van der Waals surface area contributed by atoms with Crippen molar-refractivity contribution in [3.63, 3.8) is 0 Å². The largest absolute Gasteiger partial charge is 0.482 e. The Morgan fingerprint density at radius 3 is 2.63 bits per heavy atom. The van der Waals surface area contributed by atoms with E-state index in [9.17, 15) is 9.59 Å². The Bertz CT molecular complexity index is 965. The van der Waals surface area contributed by atoms with Crippen LogP contribution in [0.25, 0.3) is 5.69 Å². The number of aromatic nitrogens is 1.